The number of nitrogens with zero attached hydrogens (tertiary/aromatic N) is 1. The van der Waals surface area contributed by atoms with Gasteiger partial charge in [-0.15, -0.1) is 0 Å². The molecule has 3 heteroatoms. The zero-order valence-corrected chi connectivity index (χ0v) is 7.55. The minimum atomic E-state index is 0.361. The van der Waals surface area contributed by atoms with Crippen molar-refractivity contribution in [2.75, 3.05) is 13.1 Å². The molecule has 1 N–H and O–H groups in total. The highest BCUT2D eigenvalue weighted by Crippen LogP contribution is 2.28. The SMILES string of the molecule is CCN[C@H]1C[C@H]2CCC(=O)N2C1. The minimum Gasteiger partial charge on any atom is -0.338 e. The zero-order chi connectivity index (χ0) is 8.55. The first-order valence-electron chi connectivity index (χ1n) is 4.84. The standard InChI is InChI=1S/C9H16N2O/c1-2-10-7-5-8-3-4-9(12)11(8)6-7/h7-8,10H,2-6H2,1H3/t7-,8+/m0/s1. The van der Waals surface area contributed by atoms with Gasteiger partial charge in [-0.3, -0.25) is 4.79 Å². The van der Waals surface area contributed by atoms with E-state index in [4.69, 9.17) is 0 Å². The van der Waals surface area contributed by atoms with Gasteiger partial charge in [0, 0.05) is 25.0 Å². The van der Waals surface area contributed by atoms with Gasteiger partial charge >= 0.3 is 0 Å². The van der Waals surface area contributed by atoms with E-state index in [9.17, 15) is 4.79 Å². The monoisotopic (exact) mass is 168 g/mol. The molecular formula is C9H16N2O. The van der Waals surface area contributed by atoms with Gasteiger partial charge in [0.2, 0.25) is 5.91 Å². The van der Waals surface area contributed by atoms with Gasteiger partial charge in [0.05, 0.1) is 0 Å². The summed E-state index contributed by atoms with van der Waals surface area (Å²) in [6.45, 7) is 4.07. The maximum absolute atomic E-state index is 11.3. The number of hydrogen-bond donors (Lipinski definition) is 1. The number of carbonyl (C=O) groups excluding carboxylic acids is 1. The molecule has 12 heavy (non-hydrogen) atoms. The Balaban J connectivity index is 1.94. The van der Waals surface area contributed by atoms with Crippen LogP contribution in [0.3, 0.4) is 0 Å². The molecule has 0 aliphatic carbocycles. The lowest BCUT2D eigenvalue weighted by Gasteiger charge is -2.14. The molecule has 2 heterocycles. The van der Waals surface area contributed by atoms with E-state index < -0.39 is 0 Å². The quantitative estimate of drug-likeness (QED) is 0.645. The second-order valence-electron chi connectivity index (χ2n) is 3.73. The number of hydrogen-bond acceptors (Lipinski definition) is 2. The highest BCUT2D eigenvalue weighted by atomic mass is 16.2. The molecule has 0 aromatic carbocycles. The molecule has 0 radical (unpaired) electrons. The van der Waals surface area contributed by atoms with Crippen molar-refractivity contribution < 1.29 is 4.79 Å². The van der Waals surface area contributed by atoms with Crippen LogP contribution in [-0.2, 0) is 4.79 Å². The van der Waals surface area contributed by atoms with Crippen molar-refractivity contribution in [2.24, 2.45) is 0 Å². The highest BCUT2D eigenvalue weighted by molar-refractivity contribution is 5.79. The molecule has 2 rings (SSSR count). The topological polar surface area (TPSA) is 32.3 Å². The molecule has 0 unspecified atom stereocenters. The zero-order valence-electron chi connectivity index (χ0n) is 7.55. The molecule has 2 fully saturated rings. The largest absolute Gasteiger partial charge is 0.338 e. The number of rotatable bonds is 2. The van der Waals surface area contributed by atoms with Crippen LogP contribution in [0.25, 0.3) is 0 Å². The lowest BCUT2D eigenvalue weighted by molar-refractivity contribution is -0.127. The van der Waals surface area contributed by atoms with Crippen molar-refractivity contribution in [3.8, 4) is 0 Å². The van der Waals surface area contributed by atoms with Gasteiger partial charge < -0.3 is 10.2 Å². The van der Waals surface area contributed by atoms with Crippen LogP contribution in [0.2, 0.25) is 0 Å². The van der Waals surface area contributed by atoms with E-state index in [0.717, 1.165) is 25.9 Å². The van der Waals surface area contributed by atoms with Gasteiger partial charge in [-0.25, -0.2) is 0 Å². The second kappa shape index (κ2) is 3.05. The summed E-state index contributed by atoms with van der Waals surface area (Å²) in [6.07, 6.45) is 3.03. The summed E-state index contributed by atoms with van der Waals surface area (Å²) >= 11 is 0. The molecule has 0 saturated carbocycles. The predicted octanol–water partition coefficient (Wildman–Crippen LogP) is 0.359. The molecule has 0 bridgehead atoms. The number of carbonyl (C=O) groups is 1. The van der Waals surface area contributed by atoms with Crippen LogP contribution in [0.4, 0.5) is 0 Å². The maximum atomic E-state index is 11.3. The van der Waals surface area contributed by atoms with E-state index in [1.54, 1.807) is 0 Å². The molecule has 2 saturated heterocycles. The van der Waals surface area contributed by atoms with Crippen LogP contribution in [0.15, 0.2) is 0 Å². The van der Waals surface area contributed by atoms with Crippen LogP contribution in [0.1, 0.15) is 26.2 Å². The van der Waals surface area contributed by atoms with Crippen LogP contribution >= 0.6 is 0 Å². The van der Waals surface area contributed by atoms with Crippen molar-refractivity contribution in [1.29, 1.82) is 0 Å². The lowest BCUT2D eigenvalue weighted by atomic mass is 10.1. The molecule has 2 atom stereocenters. The van der Waals surface area contributed by atoms with Crippen LogP contribution < -0.4 is 5.32 Å². The smallest absolute Gasteiger partial charge is 0.222 e. The Kier molecular flexibility index (Phi) is 2.05. The van der Waals surface area contributed by atoms with Crippen molar-refractivity contribution in [1.82, 2.24) is 10.2 Å². The van der Waals surface area contributed by atoms with E-state index in [1.807, 2.05) is 4.90 Å². The van der Waals surface area contributed by atoms with Crippen LogP contribution in [-0.4, -0.2) is 36.0 Å². The van der Waals surface area contributed by atoms with E-state index >= 15 is 0 Å². The lowest BCUT2D eigenvalue weighted by Crippen LogP contribution is -2.33. The second-order valence-corrected chi connectivity index (χ2v) is 3.73. The van der Waals surface area contributed by atoms with Crippen LogP contribution in [0, 0.1) is 0 Å². The molecule has 2 aliphatic heterocycles. The molecule has 1 amide bonds. The summed E-state index contributed by atoms with van der Waals surface area (Å²) in [5, 5.41) is 3.40. The Morgan fingerprint density at radius 3 is 3.17 bits per heavy atom. The number of amides is 1. The van der Waals surface area contributed by atoms with Crippen LogP contribution in [0.5, 0.6) is 0 Å². The minimum absolute atomic E-state index is 0.361. The van der Waals surface area contributed by atoms with Gasteiger partial charge in [0.25, 0.3) is 0 Å². The fraction of sp³-hybridized carbons (Fsp3) is 0.889. The Hall–Kier alpha value is -0.570. The molecule has 2 aliphatic rings. The predicted molar refractivity (Wildman–Crippen MR) is 46.8 cm³/mol. The van der Waals surface area contributed by atoms with Crippen molar-refractivity contribution >= 4 is 5.91 Å². The third-order valence-corrected chi connectivity index (χ3v) is 2.92. The van der Waals surface area contributed by atoms with Gasteiger partial charge in [-0.2, -0.15) is 0 Å². The Labute approximate surface area is 73.1 Å². The number of nitrogens with one attached hydrogen (secondary N) is 1. The summed E-state index contributed by atoms with van der Waals surface area (Å²) in [6, 6.07) is 1.12. The van der Waals surface area contributed by atoms with Crippen molar-refractivity contribution in [2.45, 2.75) is 38.3 Å². The molecule has 0 aromatic rings. The number of likely N-dealkylation sites (N-methyl/N-ethyl adjacent to an activating group) is 1. The van der Waals surface area contributed by atoms with E-state index in [2.05, 4.69) is 12.2 Å². The summed E-state index contributed by atoms with van der Waals surface area (Å²) in [5.41, 5.74) is 0. The third kappa shape index (κ3) is 1.22. The Bertz CT molecular complexity index is 193. The number of fused-ring (bicyclic) bond motifs is 1. The first-order valence-corrected chi connectivity index (χ1v) is 4.84. The van der Waals surface area contributed by atoms with E-state index in [0.29, 0.717) is 18.0 Å². The molecule has 3 nitrogen and oxygen atoms in total. The maximum Gasteiger partial charge on any atom is 0.222 e. The Morgan fingerprint density at radius 2 is 2.50 bits per heavy atom. The molecule has 0 aromatic heterocycles. The molecular weight excluding hydrogens is 152 g/mol. The molecule has 0 spiro atoms. The summed E-state index contributed by atoms with van der Waals surface area (Å²) in [5.74, 6) is 0.361. The normalized spacial score (nSPS) is 34.4. The fourth-order valence-corrected chi connectivity index (χ4v) is 2.37. The average Bonchev–Trinajstić information content (AvgIpc) is 2.55. The average molecular weight is 168 g/mol. The summed E-state index contributed by atoms with van der Waals surface area (Å²) in [4.78, 5) is 13.4. The van der Waals surface area contributed by atoms with Gasteiger partial charge in [0.1, 0.15) is 0 Å². The summed E-state index contributed by atoms with van der Waals surface area (Å²) < 4.78 is 0. The molecule has 68 valence electrons. The van der Waals surface area contributed by atoms with E-state index in [-0.39, 0.29) is 0 Å². The highest BCUT2D eigenvalue weighted by Gasteiger charge is 2.38. The third-order valence-electron chi connectivity index (χ3n) is 2.92. The van der Waals surface area contributed by atoms with Gasteiger partial charge in [0.15, 0.2) is 0 Å². The van der Waals surface area contributed by atoms with Gasteiger partial charge in [-0.1, -0.05) is 6.92 Å². The summed E-state index contributed by atoms with van der Waals surface area (Å²) in [7, 11) is 0. The van der Waals surface area contributed by atoms with Crippen molar-refractivity contribution in [3.05, 3.63) is 0 Å². The fourth-order valence-electron chi connectivity index (χ4n) is 2.37. The van der Waals surface area contributed by atoms with Gasteiger partial charge in [-0.05, 0) is 19.4 Å². The van der Waals surface area contributed by atoms with Crippen molar-refractivity contribution in [3.63, 3.8) is 0 Å². The first kappa shape index (κ1) is 8.05. The Morgan fingerprint density at radius 1 is 1.67 bits per heavy atom. The first-order chi connectivity index (χ1) is 5.81. The van der Waals surface area contributed by atoms with E-state index in [1.165, 1.54) is 6.42 Å².